The molecule has 0 amide bonds. The van der Waals surface area contributed by atoms with Gasteiger partial charge in [0.05, 0.1) is 6.10 Å². The third-order valence-electron chi connectivity index (χ3n) is 1.79. The van der Waals surface area contributed by atoms with Crippen LogP contribution in [0.3, 0.4) is 0 Å². The van der Waals surface area contributed by atoms with Gasteiger partial charge in [-0.1, -0.05) is 22.0 Å². The van der Waals surface area contributed by atoms with Crippen LogP contribution < -0.4 is 0 Å². The molecule has 13 heavy (non-hydrogen) atoms. The van der Waals surface area contributed by atoms with Gasteiger partial charge >= 0.3 is 0 Å². The monoisotopic (exact) mass is 244 g/mol. The molecule has 0 aliphatic heterocycles. The van der Waals surface area contributed by atoms with Gasteiger partial charge in [0.1, 0.15) is 5.82 Å². The van der Waals surface area contributed by atoms with Crippen molar-refractivity contribution in [2.45, 2.75) is 13.0 Å². The first-order valence-corrected chi connectivity index (χ1v) is 4.61. The molecule has 1 aromatic carbocycles. The minimum atomic E-state index is -0.948. The summed E-state index contributed by atoms with van der Waals surface area (Å²) in [5.41, 5.74) is 0.757. The van der Waals surface area contributed by atoms with E-state index in [1.165, 1.54) is 6.08 Å². The predicted molar refractivity (Wildman–Crippen MR) is 54.0 cm³/mol. The van der Waals surface area contributed by atoms with E-state index in [0.29, 0.717) is 5.56 Å². The molecule has 0 bridgehead atoms. The minimum absolute atomic E-state index is 0.252. The molecular formula is C10H10BrFO. The summed E-state index contributed by atoms with van der Waals surface area (Å²) in [6.07, 6.45) is 0.348. The maximum atomic E-state index is 13.4. The molecule has 0 radical (unpaired) electrons. The quantitative estimate of drug-likeness (QED) is 0.793. The number of hydrogen-bond donors (Lipinski definition) is 1. The van der Waals surface area contributed by atoms with Crippen LogP contribution in [0.25, 0.3) is 0 Å². The van der Waals surface area contributed by atoms with E-state index in [1.54, 1.807) is 19.1 Å². The molecule has 70 valence electrons. The first kappa shape index (κ1) is 10.4. The van der Waals surface area contributed by atoms with Crippen LogP contribution in [-0.2, 0) is 0 Å². The number of rotatable bonds is 2. The third-order valence-corrected chi connectivity index (χ3v) is 2.25. The zero-order valence-corrected chi connectivity index (χ0v) is 8.81. The average molecular weight is 245 g/mol. The van der Waals surface area contributed by atoms with Gasteiger partial charge in [-0.2, -0.15) is 0 Å². The Morgan fingerprint density at radius 3 is 2.77 bits per heavy atom. The molecule has 0 aromatic heterocycles. The van der Waals surface area contributed by atoms with Gasteiger partial charge in [-0.15, -0.1) is 6.58 Å². The lowest BCUT2D eigenvalue weighted by Crippen LogP contribution is -1.99. The van der Waals surface area contributed by atoms with Gasteiger partial charge < -0.3 is 5.11 Å². The highest BCUT2D eigenvalue weighted by Gasteiger charge is 2.12. The number of aliphatic hydroxyl groups excluding tert-OH is 1. The summed E-state index contributed by atoms with van der Waals surface area (Å²) < 4.78 is 14.1. The number of aryl methyl sites for hydroxylation is 1. The normalized spacial score (nSPS) is 12.6. The van der Waals surface area contributed by atoms with E-state index in [-0.39, 0.29) is 11.4 Å². The summed E-state index contributed by atoms with van der Waals surface area (Å²) in [5, 5.41) is 9.38. The van der Waals surface area contributed by atoms with Crippen molar-refractivity contribution in [3.8, 4) is 0 Å². The molecule has 3 heteroatoms. The van der Waals surface area contributed by atoms with Crippen molar-refractivity contribution in [3.05, 3.63) is 46.2 Å². The first-order valence-electron chi connectivity index (χ1n) is 3.82. The largest absolute Gasteiger partial charge is 0.384 e. The van der Waals surface area contributed by atoms with Crippen molar-refractivity contribution in [1.29, 1.82) is 0 Å². The molecule has 0 aliphatic rings. The predicted octanol–water partition coefficient (Wildman–Crippen LogP) is 3.12. The zero-order chi connectivity index (χ0) is 10.0. The fourth-order valence-corrected chi connectivity index (χ4v) is 1.68. The Hall–Kier alpha value is -0.670. The second kappa shape index (κ2) is 4.03. The van der Waals surface area contributed by atoms with Crippen LogP contribution in [-0.4, -0.2) is 5.11 Å². The van der Waals surface area contributed by atoms with Crippen LogP contribution in [0.5, 0.6) is 0 Å². The van der Waals surface area contributed by atoms with E-state index in [1.807, 2.05) is 0 Å². The molecule has 0 spiro atoms. The van der Waals surface area contributed by atoms with E-state index in [4.69, 9.17) is 0 Å². The average Bonchev–Trinajstić information content (AvgIpc) is 2.10. The summed E-state index contributed by atoms with van der Waals surface area (Å²) >= 11 is 3.23. The Morgan fingerprint density at radius 1 is 1.62 bits per heavy atom. The number of hydrogen-bond acceptors (Lipinski definition) is 1. The van der Waals surface area contributed by atoms with Crippen LogP contribution >= 0.6 is 15.9 Å². The SMILES string of the molecule is C=CC(O)c1cc(Br)cc(C)c1F. The molecule has 1 aromatic rings. The van der Waals surface area contributed by atoms with Gasteiger partial charge in [0.2, 0.25) is 0 Å². The Balaban J connectivity index is 3.27. The Bertz CT molecular complexity index is 336. The lowest BCUT2D eigenvalue weighted by Gasteiger charge is -2.09. The van der Waals surface area contributed by atoms with Crippen LogP contribution in [0, 0.1) is 12.7 Å². The second-order valence-electron chi connectivity index (χ2n) is 2.81. The molecule has 1 unspecified atom stereocenters. The number of benzene rings is 1. The molecule has 1 atom stereocenters. The van der Waals surface area contributed by atoms with Gasteiger partial charge in [-0.05, 0) is 24.6 Å². The topological polar surface area (TPSA) is 20.2 Å². The number of aliphatic hydroxyl groups is 1. The second-order valence-corrected chi connectivity index (χ2v) is 3.72. The fourth-order valence-electron chi connectivity index (χ4n) is 1.09. The van der Waals surface area contributed by atoms with Gasteiger partial charge in [0.15, 0.2) is 0 Å². The van der Waals surface area contributed by atoms with Gasteiger partial charge in [0.25, 0.3) is 0 Å². The molecule has 1 nitrogen and oxygen atoms in total. The minimum Gasteiger partial charge on any atom is -0.384 e. The van der Waals surface area contributed by atoms with Crippen LogP contribution in [0.1, 0.15) is 17.2 Å². The van der Waals surface area contributed by atoms with Crippen LogP contribution in [0.4, 0.5) is 4.39 Å². The van der Waals surface area contributed by atoms with Crippen LogP contribution in [0.2, 0.25) is 0 Å². The molecule has 0 fully saturated rings. The Labute approximate surface area is 85.0 Å². The molecule has 0 heterocycles. The maximum Gasteiger partial charge on any atom is 0.132 e. The van der Waals surface area contributed by atoms with E-state index in [9.17, 15) is 9.50 Å². The lowest BCUT2D eigenvalue weighted by molar-refractivity contribution is 0.223. The molecule has 0 aliphatic carbocycles. The standard InChI is InChI=1S/C10H10BrFO/c1-3-9(13)8-5-7(11)4-6(2)10(8)12/h3-5,9,13H,1H2,2H3. The Morgan fingerprint density at radius 2 is 2.23 bits per heavy atom. The van der Waals surface area contributed by atoms with Crippen molar-refractivity contribution in [1.82, 2.24) is 0 Å². The lowest BCUT2D eigenvalue weighted by atomic mass is 10.1. The Kier molecular flexibility index (Phi) is 3.22. The van der Waals surface area contributed by atoms with Crippen molar-refractivity contribution in [3.63, 3.8) is 0 Å². The van der Waals surface area contributed by atoms with E-state index in [0.717, 1.165) is 4.47 Å². The van der Waals surface area contributed by atoms with E-state index >= 15 is 0 Å². The van der Waals surface area contributed by atoms with Crippen molar-refractivity contribution in [2.75, 3.05) is 0 Å². The summed E-state index contributed by atoms with van der Waals surface area (Å²) in [6, 6.07) is 3.21. The van der Waals surface area contributed by atoms with Crippen molar-refractivity contribution >= 4 is 15.9 Å². The van der Waals surface area contributed by atoms with Gasteiger partial charge in [0, 0.05) is 10.0 Å². The summed E-state index contributed by atoms with van der Waals surface area (Å²) in [5.74, 6) is -0.379. The van der Waals surface area contributed by atoms with Gasteiger partial charge in [-0.25, -0.2) is 4.39 Å². The van der Waals surface area contributed by atoms with E-state index < -0.39 is 6.10 Å². The summed E-state index contributed by atoms with van der Waals surface area (Å²) in [4.78, 5) is 0. The highest BCUT2D eigenvalue weighted by atomic mass is 79.9. The van der Waals surface area contributed by atoms with Crippen molar-refractivity contribution in [2.24, 2.45) is 0 Å². The van der Waals surface area contributed by atoms with Crippen LogP contribution in [0.15, 0.2) is 29.3 Å². The number of halogens is 2. The highest BCUT2D eigenvalue weighted by molar-refractivity contribution is 9.10. The smallest absolute Gasteiger partial charge is 0.132 e. The molecule has 0 saturated heterocycles. The fraction of sp³-hybridized carbons (Fsp3) is 0.200. The maximum absolute atomic E-state index is 13.4. The molecule has 1 N–H and O–H groups in total. The summed E-state index contributed by atoms with van der Waals surface area (Å²) in [6.45, 7) is 5.06. The molecule has 1 rings (SSSR count). The molecule has 0 saturated carbocycles. The first-order chi connectivity index (χ1) is 6.06. The van der Waals surface area contributed by atoms with Crippen molar-refractivity contribution < 1.29 is 9.50 Å². The van der Waals surface area contributed by atoms with E-state index in [2.05, 4.69) is 22.5 Å². The summed E-state index contributed by atoms with van der Waals surface area (Å²) in [7, 11) is 0. The highest BCUT2D eigenvalue weighted by Crippen LogP contribution is 2.25. The van der Waals surface area contributed by atoms with Gasteiger partial charge in [-0.3, -0.25) is 0 Å². The zero-order valence-electron chi connectivity index (χ0n) is 7.22. The molecular weight excluding hydrogens is 235 g/mol. The third kappa shape index (κ3) is 2.17.